The lowest BCUT2D eigenvalue weighted by Crippen LogP contribution is -2.48. The van der Waals surface area contributed by atoms with Crippen LogP contribution in [0.3, 0.4) is 0 Å². The first-order valence-electron chi connectivity index (χ1n) is 10.9. The number of aryl methyl sites for hydroxylation is 1. The molecule has 162 valence electrons. The summed E-state index contributed by atoms with van der Waals surface area (Å²) in [6.45, 7) is 9.37. The first-order chi connectivity index (χ1) is 14.5. The van der Waals surface area contributed by atoms with E-state index in [1.807, 2.05) is 20.2 Å². The fourth-order valence-electron chi connectivity index (χ4n) is 3.80. The Morgan fingerprint density at radius 3 is 2.77 bits per heavy atom. The van der Waals surface area contributed by atoms with Gasteiger partial charge in [-0.1, -0.05) is 33.3 Å². The second-order valence-electron chi connectivity index (χ2n) is 8.20. The predicted octanol–water partition coefficient (Wildman–Crippen LogP) is 4.45. The third-order valence-corrected chi connectivity index (χ3v) is 6.07. The Labute approximate surface area is 180 Å². The molecule has 1 amide bonds. The fourth-order valence-corrected chi connectivity index (χ4v) is 3.80. The molecule has 2 heterocycles. The summed E-state index contributed by atoms with van der Waals surface area (Å²) in [5.74, 6) is 2.56. The maximum atomic E-state index is 10.8. The van der Waals surface area contributed by atoms with Crippen LogP contribution < -0.4 is 20.3 Å². The van der Waals surface area contributed by atoms with Gasteiger partial charge in [-0.05, 0) is 55.0 Å². The first-order valence-corrected chi connectivity index (χ1v) is 10.9. The highest BCUT2D eigenvalue weighted by Gasteiger charge is 2.31. The number of amides is 1. The van der Waals surface area contributed by atoms with Gasteiger partial charge in [0.25, 0.3) is 0 Å². The minimum absolute atomic E-state index is 0.0274. The molecule has 1 aromatic carbocycles. The van der Waals surface area contributed by atoms with Crippen molar-refractivity contribution in [2.24, 2.45) is 5.92 Å². The van der Waals surface area contributed by atoms with E-state index in [9.17, 15) is 4.79 Å². The van der Waals surface area contributed by atoms with Gasteiger partial charge in [-0.25, -0.2) is 4.98 Å². The lowest BCUT2D eigenvalue weighted by molar-refractivity contribution is -0.110. The van der Waals surface area contributed by atoms with E-state index in [1.54, 1.807) is 0 Å². The number of aromatic nitrogens is 1. The van der Waals surface area contributed by atoms with Crippen LogP contribution in [0.2, 0.25) is 0 Å². The number of carbonyl (C=O) groups is 1. The molecule has 0 fully saturated rings. The summed E-state index contributed by atoms with van der Waals surface area (Å²) in [6.07, 6.45) is 5.80. The van der Waals surface area contributed by atoms with Crippen molar-refractivity contribution in [1.82, 2.24) is 10.3 Å². The van der Waals surface area contributed by atoms with Gasteiger partial charge >= 0.3 is 0 Å². The lowest BCUT2D eigenvalue weighted by Gasteiger charge is -2.26. The Hall–Kier alpha value is -2.76. The van der Waals surface area contributed by atoms with Crippen molar-refractivity contribution in [3.05, 3.63) is 36.0 Å². The van der Waals surface area contributed by atoms with E-state index in [4.69, 9.17) is 4.74 Å². The summed E-state index contributed by atoms with van der Waals surface area (Å²) in [5.41, 5.74) is 4.38. The molecular formula is C24H34N4O2. The Bertz CT molecular complexity index is 870. The van der Waals surface area contributed by atoms with E-state index in [0.29, 0.717) is 5.92 Å². The fraction of sp³-hybridized carbons (Fsp3) is 0.500. The van der Waals surface area contributed by atoms with Crippen LogP contribution in [0.25, 0.3) is 11.1 Å². The highest BCUT2D eigenvalue weighted by molar-refractivity contribution is 5.79. The number of rotatable bonds is 10. The molecular weight excluding hydrogens is 376 g/mol. The van der Waals surface area contributed by atoms with E-state index in [-0.39, 0.29) is 12.2 Å². The van der Waals surface area contributed by atoms with Gasteiger partial charge in [0.05, 0.1) is 18.3 Å². The van der Waals surface area contributed by atoms with Crippen LogP contribution >= 0.6 is 0 Å². The SMILES string of the molecule is CCc1cc(-c2cnc3c(c2)NC(C(C)NC=O)N3C)ccc1OCCC(C)CC. The molecule has 6 nitrogen and oxygen atoms in total. The predicted molar refractivity (Wildman–Crippen MR) is 123 cm³/mol. The minimum Gasteiger partial charge on any atom is -0.493 e. The third kappa shape index (κ3) is 4.69. The molecule has 3 atom stereocenters. The van der Waals surface area contributed by atoms with Gasteiger partial charge in [0.1, 0.15) is 11.9 Å². The number of likely N-dealkylation sites (N-methyl/N-ethyl adjacent to an activating group) is 1. The van der Waals surface area contributed by atoms with Crippen LogP contribution in [0.15, 0.2) is 30.5 Å². The molecule has 6 heteroatoms. The molecule has 3 rings (SSSR count). The zero-order valence-electron chi connectivity index (χ0n) is 18.7. The molecule has 0 saturated heterocycles. The molecule has 1 aromatic heterocycles. The van der Waals surface area contributed by atoms with Crippen LogP contribution in [-0.2, 0) is 11.2 Å². The summed E-state index contributed by atoms with van der Waals surface area (Å²) >= 11 is 0. The van der Waals surface area contributed by atoms with Crippen molar-refractivity contribution >= 4 is 17.9 Å². The van der Waals surface area contributed by atoms with Crippen LogP contribution in [0.4, 0.5) is 11.5 Å². The Kier molecular flexibility index (Phi) is 7.19. The summed E-state index contributed by atoms with van der Waals surface area (Å²) < 4.78 is 6.07. The van der Waals surface area contributed by atoms with Crippen molar-refractivity contribution in [2.45, 2.75) is 59.2 Å². The summed E-state index contributed by atoms with van der Waals surface area (Å²) in [6, 6.07) is 8.48. The van der Waals surface area contributed by atoms with Gasteiger partial charge in [-0.3, -0.25) is 4.79 Å². The van der Waals surface area contributed by atoms with E-state index < -0.39 is 0 Å². The first kappa shape index (κ1) is 21.9. The molecule has 3 unspecified atom stereocenters. The molecule has 1 aliphatic rings. The number of hydrogen-bond donors (Lipinski definition) is 2. The average Bonchev–Trinajstić information content (AvgIpc) is 3.09. The van der Waals surface area contributed by atoms with Gasteiger partial charge < -0.3 is 20.3 Å². The largest absolute Gasteiger partial charge is 0.493 e. The number of carbonyl (C=O) groups excluding carboxylic acids is 1. The van der Waals surface area contributed by atoms with Gasteiger partial charge in [0, 0.05) is 18.8 Å². The normalized spacial score (nSPS) is 17.1. The minimum atomic E-state index is -0.0382. The van der Waals surface area contributed by atoms with Crippen molar-refractivity contribution in [3.8, 4) is 16.9 Å². The molecule has 0 aliphatic carbocycles. The number of hydrogen-bond acceptors (Lipinski definition) is 5. The molecule has 0 spiro atoms. The van der Waals surface area contributed by atoms with Crippen molar-refractivity contribution in [3.63, 3.8) is 0 Å². The van der Waals surface area contributed by atoms with Crippen molar-refractivity contribution in [2.75, 3.05) is 23.9 Å². The second-order valence-corrected chi connectivity index (χ2v) is 8.20. The number of benzene rings is 1. The van der Waals surface area contributed by atoms with Crippen LogP contribution in [-0.4, -0.2) is 37.3 Å². The van der Waals surface area contributed by atoms with E-state index in [0.717, 1.165) is 54.2 Å². The van der Waals surface area contributed by atoms with Crippen LogP contribution in [0.1, 0.15) is 46.1 Å². The molecule has 0 radical (unpaired) electrons. The average molecular weight is 411 g/mol. The zero-order valence-corrected chi connectivity index (χ0v) is 18.7. The second kappa shape index (κ2) is 9.83. The number of fused-ring (bicyclic) bond motifs is 1. The number of nitrogens with one attached hydrogen (secondary N) is 2. The van der Waals surface area contributed by atoms with Gasteiger partial charge in [0.2, 0.25) is 6.41 Å². The summed E-state index contributed by atoms with van der Waals surface area (Å²) in [4.78, 5) is 17.6. The molecule has 2 N–H and O–H groups in total. The molecule has 0 bridgehead atoms. The number of nitrogens with zero attached hydrogens (tertiary/aromatic N) is 2. The van der Waals surface area contributed by atoms with Gasteiger partial charge in [-0.15, -0.1) is 0 Å². The Balaban J connectivity index is 1.77. The monoisotopic (exact) mass is 410 g/mol. The standard InChI is InChI=1S/C24H34N4O2/c1-6-16(3)10-11-30-22-9-8-19(12-18(22)7-2)20-13-21-24(25-14-20)28(5)23(27-21)17(4)26-15-29/h8-9,12-17,23,27H,6-7,10-11H2,1-5H3,(H,26,29). The number of pyridine rings is 1. The van der Waals surface area contributed by atoms with Crippen molar-refractivity contribution < 1.29 is 9.53 Å². The maximum Gasteiger partial charge on any atom is 0.207 e. The smallest absolute Gasteiger partial charge is 0.207 e. The van der Waals surface area contributed by atoms with Crippen molar-refractivity contribution in [1.29, 1.82) is 0 Å². The molecule has 0 saturated carbocycles. The zero-order chi connectivity index (χ0) is 21.7. The quantitative estimate of drug-likeness (QED) is 0.567. The Morgan fingerprint density at radius 1 is 1.27 bits per heavy atom. The van der Waals surface area contributed by atoms with E-state index in [1.165, 1.54) is 12.0 Å². The number of ether oxygens (including phenoxy) is 1. The Morgan fingerprint density at radius 2 is 2.07 bits per heavy atom. The third-order valence-electron chi connectivity index (χ3n) is 6.07. The topological polar surface area (TPSA) is 66.5 Å². The maximum absolute atomic E-state index is 10.8. The highest BCUT2D eigenvalue weighted by Crippen LogP contribution is 2.36. The number of anilines is 2. The molecule has 30 heavy (non-hydrogen) atoms. The molecule has 2 aromatic rings. The van der Waals surface area contributed by atoms with Crippen LogP contribution in [0, 0.1) is 5.92 Å². The van der Waals surface area contributed by atoms with Gasteiger partial charge in [0.15, 0.2) is 5.82 Å². The van der Waals surface area contributed by atoms with E-state index in [2.05, 4.69) is 65.6 Å². The van der Waals surface area contributed by atoms with Crippen LogP contribution in [0.5, 0.6) is 5.75 Å². The van der Waals surface area contributed by atoms with E-state index >= 15 is 0 Å². The summed E-state index contributed by atoms with van der Waals surface area (Å²) in [7, 11) is 1.99. The highest BCUT2D eigenvalue weighted by atomic mass is 16.5. The lowest BCUT2D eigenvalue weighted by atomic mass is 10.0. The summed E-state index contributed by atoms with van der Waals surface area (Å²) in [5, 5.41) is 6.30. The molecule has 1 aliphatic heterocycles. The van der Waals surface area contributed by atoms with Gasteiger partial charge in [-0.2, -0.15) is 0 Å².